The van der Waals surface area contributed by atoms with Crippen molar-refractivity contribution in [3.8, 4) is 0 Å². The molecule has 20 heavy (non-hydrogen) atoms. The monoisotopic (exact) mass is 276 g/mol. The Labute approximate surface area is 116 Å². The highest BCUT2D eigenvalue weighted by molar-refractivity contribution is 6.17. The summed E-state index contributed by atoms with van der Waals surface area (Å²) < 4.78 is 4.72. The number of carbonyl (C=O) groups excluding carboxylic acids is 3. The molecule has 0 fully saturated rings. The van der Waals surface area contributed by atoms with Crippen LogP contribution < -0.4 is 10.2 Å². The van der Waals surface area contributed by atoms with Crippen molar-refractivity contribution in [2.24, 2.45) is 0 Å². The zero-order valence-corrected chi connectivity index (χ0v) is 11.4. The van der Waals surface area contributed by atoms with Gasteiger partial charge < -0.3 is 15.0 Å². The van der Waals surface area contributed by atoms with Gasteiger partial charge in [0.1, 0.15) is 12.5 Å². The molecule has 2 amide bonds. The predicted molar refractivity (Wildman–Crippen MR) is 72.2 cm³/mol. The number of para-hydroxylation sites is 1. The molecule has 2 rings (SSSR count). The number of fused-ring (bicyclic) bond motifs is 1. The molecule has 0 spiro atoms. The lowest BCUT2D eigenvalue weighted by atomic mass is 10.00. The fourth-order valence-corrected chi connectivity index (χ4v) is 2.21. The summed E-state index contributed by atoms with van der Waals surface area (Å²) in [6.07, 6.45) is 0. The summed E-state index contributed by atoms with van der Waals surface area (Å²) in [5.41, 5.74) is 1.37. The van der Waals surface area contributed by atoms with Crippen molar-refractivity contribution >= 4 is 23.5 Å². The molecule has 0 bridgehead atoms. The predicted octanol–water partition coefficient (Wildman–Crippen LogP) is 0.426. The zero-order valence-electron chi connectivity index (χ0n) is 11.4. The van der Waals surface area contributed by atoms with E-state index in [2.05, 4.69) is 5.32 Å². The van der Waals surface area contributed by atoms with Crippen LogP contribution in [-0.2, 0) is 19.1 Å². The second-order valence-corrected chi connectivity index (χ2v) is 4.41. The average Bonchev–Trinajstić information content (AvgIpc) is 2.69. The van der Waals surface area contributed by atoms with Gasteiger partial charge in [-0.05, 0) is 18.6 Å². The Hall–Kier alpha value is -2.37. The van der Waals surface area contributed by atoms with Crippen molar-refractivity contribution in [1.29, 1.82) is 0 Å². The van der Waals surface area contributed by atoms with Crippen molar-refractivity contribution in [3.63, 3.8) is 0 Å². The third-order valence-corrected chi connectivity index (χ3v) is 3.16. The van der Waals surface area contributed by atoms with Crippen molar-refractivity contribution in [2.75, 3.05) is 25.1 Å². The molecule has 1 heterocycles. The maximum atomic E-state index is 12.1. The van der Waals surface area contributed by atoms with Crippen LogP contribution in [-0.4, -0.2) is 38.0 Å². The van der Waals surface area contributed by atoms with Gasteiger partial charge in [0.2, 0.25) is 11.8 Å². The minimum atomic E-state index is -0.898. The number of hydrogen-bond acceptors (Lipinski definition) is 4. The summed E-state index contributed by atoms with van der Waals surface area (Å²) in [7, 11) is 1.62. The number of rotatable bonds is 4. The van der Waals surface area contributed by atoms with E-state index in [4.69, 9.17) is 4.74 Å². The van der Waals surface area contributed by atoms with Gasteiger partial charge in [-0.25, -0.2) is 0 Å². The van der Waals surface area contributed by atoms with Gasteiger partial charge in [-0.2, -0.15) is 0 Å². The summed E-state index contributed by atoms with van der Waals surface area (Å²) >= 11 is 0. The molecule has 1 atom stereocenters. The fourth-order valence-electron chi connectivity index (χ4n) is 2.21. The van der Waals surface area contributed by atoms with Crippen LogP contribution >= 0.6 is 0 Å². The molecule has 0 saturated carbocycles. The number of benzene rings is 1. The molecule has 1 unspecified atom stereocenters. The minimum absolute atomic E-state index is 0.234. The normalized spacial score (nSPS) is 16.8. The second-order valence-electron chi connectivity index (χ2n) is 4.41. The quantitative estimate of drug-likeness (QED) is 0.639. The van der Waals surface area contributed by atoms with E-state index in [0.29, 0.717) is 11.3 Å². The Morgan fingerprint density at radius 3 is 2.75 bits per heavy atom. The summed E-state index contributed by atoms with van der Waals surface area (Å²) in [5.74, 6) is -2.20. The Morgan fingerprint density at radius 2 is 2.05 bits per heavy atom. The molecule has 6 heteroatoms. The molecular weight excluding hydrogens is 260 g/mol. The first-order chi connectivity index (χ1) is 9.56. The van der Waals surface area contributed by atoms with Crippen LogP contribution in [0.4, 0.5) is 5.69 Å². The van der Waals surface area contributed by atoms with E-state index in [9.17, 15) is 14.4 Å². The number of amides is 2. The number of nitrogens with one attached hydrogen (secondary N) is 1. The molecule has 1 aliphatic rings. The molecule has 106 valence electrons. The van der Waals surface area contributed by atoms with E-state index in [1.54, 1.807) is 32.2 Å². The lowest BCUT2D eigenvalue weighted by Crippen LogP contribution is -2.38. The summed E-state index contributed by atoms with van der Waals surface area (Å²) in [6.45, 7) is 1.70. The first kappa shape index (κ1) is 14.0. The van der Waals surface area contributed by atoms with E-state index in [1.807, 2.05) is 6.07 Å². The van der Waals surface area contributed by atoms with Crippen LogP contribution in [0.3, 0.4) is 0 Å². The molecule has 0 aliphatic carbocycles. The van der Waals surface area contributed by atoms with E-state index in [0.717, 1.165) is 0 Å². The first-order valence-electron chi connectivity index (χ1n) is 6.36. The van der Waals surface area contributed by atoms with Gasteiger partial charge in [-0.3, -0.25) is 14.4 Å². The molecule has 1 aromatic carbocycles. The molecule has 6 nitrogen and oxygen atoms in total. The third kappa shape index (κ3) is 2.49. The van der Waals surface area contributed by atoms with Gasteiger partial charge in [-0.1, -0.05) is 18.2 Å². The van der Waals surface area contributed by atoms with E-state index >= 15 is 0 Å². The largest absolute Gasteiger partial charge is 0.465 e. The van der Waals surface area contributed by atoms with Crippen LogP contribution in [0.1, 0.15) is 18.4 Å². The van der Waals surface area contributed by atoms with Gasteiger partial charge in [0.15, 0.2) is 0 Å². The summed E-state index contributed by atoms with van der Waals surface area (Å²) in [5, 5.41) is 2.44. The van der Waals surface area contributed by atoms with Crippen LogP contribution in [0, 0.1) is 0 Å². The Morgan fingerprint density at radius 1 is 1.35 bits per heavy atom. The van der Waals surface area contributed by atoms with Crippen molar-refractivity contribution in [1.82, 2.24) is 5.32 Å². The van der Waals surface area contributed by atoms with Gasteiger partial charge in [-0.15, -0.1) is 0 Å². The molecule has 0 aromatic heterocycles. The highest BCUT2D eigenvalue weighted by Gasteiger charge is 2.39. The number of carbonyl (C=O) groups is 3. The number of anilines is 1. The molecule has 1 N–H and O–H groups in total. The smallest absolute Gasteiger partial charge is 0.325 e. The average molecular weight is 276 g/mol. The summed E-state index contributed by atoms with van der Waals surface area (Å²) in [6, 6.07) is 7.11. The Bertz CT molecular complexity index is 556. The number of esters is 1. The second kappa shape index (κ2) is 5.73. The molecular formula is C14H16N2O4. The third-order valence-electron chi connectivity index (χ3n) is 3.16. The van der Waals surface area contributed by atoms with Crippen molar-refractivity contribution < 1.29 is 19.1 Å². The number of ether oxygens (including phenoxy) is 1. The fraction of sp³-hybridized carbons (Fsp3) is 0.357. The van der Waals surface area contributed by atoms with E-state index < -0.39 is 17.8 Å². The van der Waals surface area contributed by atoms with Gasteiger partial charge >= 0.3 is 5.97 Å². The Kier molecular flexibility index (Phi) is 4.02. The summed E-state index contributed by atoms with van der Waals surface area (Å²) in [4.78, 5) is 36.9. The van der Waals surface area contributed by atoms with Gasteiger partial charge in [0, 0.05) is 12.7 Å². The molecule has 0 radical (unpaired) electrons. The maximum absolute atomic E-state index is 12.1. The Balaban J connectivity index is 2.11. The SMILES string of the molecule is CCOC(=O)CNC(=O)C1C(=O)N(C)c2ccccc21. The minimum Gasteiger partial charge on any atom is -0.465 e. The molecule has 1 aliphatic heterocycles. The highest BCUT2D eigenvalue weighted by Crippen LogP contribution is 2.35. The van der Waals surface area contributed by atoms with Gasteiger partial charge in [0.25, 0.3) is 0 Å². The molecule has 0 saturated heterocycles. The number of likely N-dealkylation sites (N-methyl/N-ethyl adjacent to an activating group) is 1. The topological polar surface area (TPSA) is 75.7 Å². The number of hydrogen-bond donors (Lipinski definition) is 1. The van der Waals surface area contributed by atoms with Gasteiger partial charge in [0.05, 0.1) is 6.61 Å². The standard InChI is InChI=1S/C14H16N2O4/c1-3-20-11(17)8-15-13(18)12-9-6-4-5-7-10(9)16(2)14(12)19/h4-7,12H,3,8H2,1-2H3,(H,15,18). The zero-order chi connectivity index (χ0) is 14.7. The highest BCUT2D eigenvalue weighted by atomic mass is 16.5. The van der Waals surface area contributed by atoms with E-state index in [-0.39, 0.29) is 19.1 Å². The maximum Gasteiger partial charge on any atom is 0.325 e. The van der Waals surface area contributed by atoms with E-state index in [1.165, 1.54) is 4.90 Å². The van der Waals surface area contributed by atoms with Crippen molar-refractivity contribution in [2.45, 2.75) is 12.8 Å². The van der Waals surface area contributed by atoms with Crippen molar-refractivity contribution in [3.05, 3.63) is 29.8 Å². The number of nitrogens with zero attached hydrogens (tertiary/aromatic N) is 1. The van der Waals surface area contributed by atoms with Crippen LogP contribution in [0.2, 0.25) is 0 Å². The molecule has 1 aromatic rings. The first-order valence-corrected chi connectivity index (χ1v) is 6.36. The lowest BCUT2D eigenvalue weighted by molar-refractivity contribution is -0.144. The lowest BCUT2D eigenvalue weighted by Gasteiger charge is -2.11. The van der Waals surface area contributed by atoms with Crippen LogP contribution in [0.25, 0.3) is 0 Å². The van der Waals surface area contributed by atoms with Crippen LogP contribution in [0.5, 0.6) is 0 Å². The van der Waals surface area contributed by atoms with Crippen LogP contribution in [0.15, 0.2) is 24.3 Å².